The molecule has 0 aliphatic carbocycles. The Labute approximate surface area is 276 Å². The third kappa shape index (κ3) is 7.92. The molecular formula is C38H44N6O3. The number of nitrogens with zero attached hydrogens (tertiary/aromatic N) is 4. The van der Waals surface area contributed by atoms with E-state index in [4.69, 9.17) is 0 Å². The van der Waals surface area contributed by atoms with Crippen molar-refractivity contribution in [2.75, 3.05) is 30.3 Å². The number of anilines is 2. The van der Waals surface area contributed by atoms with Crippen molar-refractivity contribution in [1.29, 1.82) is 0 Å². The van der Waals surface area contributed by atoms with Gasteiger partial charge < -0.3 is 24.7 Å². The monoisotopic (exact) mass is 632 g/mol. The molecule has 3 amide bonds. The summed E-state index contributed by atoms with van der Waals surface area (Å²) in [4.78, 5) is 43.2. The highest BCUT2D eigenvalue weighted by molar-refractivity contribution is 5.98. The number of benzene rings is 2. The number of carbonyl (C=O) groups excluding carboxylic acids is 3. The summed E-state index contributed by atoms with van der Waals surface area (Å²) in [5.74, 6) is -0.106. The van der Waals surface area contributed by atoms with Gasteiger partial charge in [-0.05, 0) is 91.9 Å². The molecule has 4 heterocycles. The van der Waals surface area contributed by atoms with Crippen LogP contribution in [0.15, 0.2) is 85.2 Å². The van der Waals surface area contributed by atoms with E-state index in [1.165, 1.54) is 5.69 Å². The van der Waals surface area contributed by atoms with E-state index in [1.807, 2.05) is 90.6 Å². The molecule has 47 heavy (non-hydrogen) atoms. The van der Waals surface area contributed by atoms with Crippen LogP contribution < -0.4 is 10.6 Å². The van der Waals surface area contributed by atoms with Gasteiger partial charge >= 0.3 is 0 Å². The normalized spacial score (nSPS) is 18.2. The summed E-state index contributed by atoms with van der Waals surface area (Å²) < 4.78 is 4.08. The molecule has 9 nitrogen and oxygen atoms in total. The van der Waals surface area contributed by atoms with Gasteiger partial charge in [-0.25, -0.2) is 0 Å². The number of nitrogens with one attached hydrogen (secondary N) is 2. The highest BCUT2D eigenvalue weighted by Crippen LogP contribution is 2.23. The lowest BCUT2D eigenvalue weighted by molar-refractivity contribution is -0.136. The van der Waals surface area contributed by atoms with E-state index < -0.39 is 6.04 Å². The Morgan fingerprint density at radius 2 is 1.23 bits per heavy atom. The van der Waals surface area contributed by atoms with E-state index in [0.717, 1.165) is 61.3 Å². The average molecular weight is 633 g/mol. The topological polar surface area (TPSA) is 91.6 Å². The van der Waals surface area contributed by atoms with Crippen molar-refractivity contribution in [1.82, 2.24) is 18.9 Å². The van der Waals surface area contributed by atoms with Gasteiger partial charge in [0.05, 0.1) is 12.5 Å². The highest BCUT2D eigenvalue weighted by atomic mass is 16.2. The summed E-state index contributed by atoms with van der Waals surface area (Å²) in [7, 11) is 3.98. The van der Waals surface area contributed by atoms with Gasteiger partial charge in [0.2, 0.25) is 17.7 Å². The molecule has 2 atom stereocenters. The molecule has 2 aliphatic heterocycles. The summed E-state index contributed by atoms with van der Waals surface area (Å²) >= 11 is 0. The van der Waals surface area contributed by atoms with Crippen LogP contribution in [0.4, 0.5) is 11.4 Å². The second kappa shape index (κ2) is 14.7. The van der Waals surface area contributed by atoms with Crippen LogP contribution >= 0.6 is 0 Å². The first-order chi connectivity index (χ1) is 22.8. The maximum absolute atomic E-state index is 13.1. The number of rotatable bonds is 11. The second-order valence-electron chi connectivity index (χ2n) is 12.6. The molecule has 2 aromatic carbocycles. The molecule has 9 heteroatoms. The van der Waals surface area contributed by atoms with Crippen molar-refractivity contribution in [3.05, 3.63) is 108 Å². The van der Waals surface area contributed by atoms with Gasteiger partial charge in [-0.1, -0.05) is 36.4 Å². The summed E-state index contributed by atoms with van der Waals surface area (Å²) in [6.07, 6.45) is 12.7. The zero-order valence-corrected chi connectivity index (χ0v) is 27.3. The number of amides is 3. The van der Waals surface area contributed by atoms with Crippen molar-refractivity contribution in [3.63, 3.8) is 0 Å². The molecule has 2 fully saturated rings. The van der Waals surface area contributed by atoms with E-state index in [2.05, 4.69) is 45.5 Å². The van der Waals surface area contributed by atoms with Gasteiger partial charge in [0, 0.05) is 68.8 Å². The van der Waals surface area contributed by atoms with Crippen molar-refractivity contribution < 1.29 is 14.4 Å². The Balaban J connectivity index is 0.977. The lowest BCUT2D eigenvalue weighted by Gasteiger charge is -2.24. The lowest BCUT2D eigenvalue weighted by Crippen LogP contribution is -2.44. The minimum absolute atomic E-state index is 0.0183. The fraction of sp³-hybridized carbons (Fsp3) is 0.342. The lowest BCUT2D eigenvalue weighted by atomic mass is 10.1. The van der Waals surface area contributed by atoms with Crippen molar-refractivity contribution in [2.24, 2.45) is 14.1 Å². The molecule has 6 rings (SSSR count). The van der Waals surface area contributed by atoms with Crippen LogP contribution in [-0.4, -0.2) is 68.4 Å². The van der Waals surface area contributed by atoms with Crippen molar-refractivity contribution in [3.8, 4) is 0 Å². The summed E-state index contributed by atoms with van der Waals surface area (Å²) in [5, 5.41) is 6.11. The van der Waals surface area contributed by atoms with Crippen LogP contribution in [0.1, 0.15) is 48.2 Å². The summed E-state index contributed by atoms with van der Waals surface area (Å²) in [6.45, 7) is 2.43. The molecule has 0 spiro atoms. The number of likely N-dealkylation sites (tertiary alicyclic amines) is 2. The fourth-order valence-electron chi connectivity index (χ4n) is 6.68. The number of hydrogen-bond donors (Lipinski definition) is 2. The average Bonchev–Trinajstić information content (AvgIpc) is 3.89. The van der Waals surface area contributed by atoms with E-state index in [-0.39, 0.29) is 23.8 Å². The van der Waals surface area contributed by atoms with Crippen LogP contribution in [0.2, 0.25) is 0 Å². The maximum Gasteiger partial charge on any atom is 0.247 e. The molecule has 0 radical (unpaired) electrons. The summed E-state index contributed by atoms with van der Waals surface area (Å²) in [6, 6.07) is 23.1. The molecule has 0 bridgehead atoms. The third-order valence-corrected chi connectivity index (χ3v) is 9.46. The predicted molar refractivity (Wildman–Crippen MR) is 187 cm³/mol. The first kappa shape index (κ1) is 32.1. The molecule has 0 saturated carbocycles. The zero-order chi connectivity index (χ0) is 32.8. The van der Waals surface area contributed by atoms with E-state index in [9.17, 15) is 14.4 Å². The van der Waals surface area contributed by atoms with Gasteiger partial charge in [-0.15, -0.1) is 0 Å². The Morgan fingerprint density at radius 1 is 0.702 bits per heavy atom. The molecule has 2 N–H and O–H groups in total. The smallest absolute Gasteiger partial charge is 0.247 e. The largest absolute Gasteiger partial charge is 0.354 e. The van der Waals surface area contributed by atoms with Crippen LogP contribution in [-0.2, 0) is 41.3 Å². The van der Waals surface area contributed by atoms with Gasteiger partial charge in [-0.3, -0.25) is 19.3 Å². The molecule has 2 aromatic heterocycles. The zero-order valence-electron chi connectivity index (χ0n) is 27.3. The first-order valence-corrected chi connectivity index (χ1v) is 16.6. The van der Waals surface area contributed by atoms with Crippen molar-refractivity contribution in [2.45, 2.75) is 50.6 Å². The van der Waals surface area contributed by atoms with Gasteiger partial charge in [0.25, 0.3) is 0 Å². The van der Waals surface area contributed by atoms with E-state index >= 15 is 0 Å². The third-order valence-electron chi connectivity index (χ3n) is 9.46. The molecular weight excluding hydrogens is 588 g/mol. The van der Waals surface area contributed by atoms with Crippen LogP contribution in [0.25, 0.3) is 12.2 Å². The number of hydrogen-bond acceptors (Lipinski definition) is 4. The van der Waals surface area contributed by atoms with Crippen molar-refractivity contribution >= 4 is 41.2 Å². The molecule has 2 aliphatic rings. The highest BCUT2D eigenvalue weighted by Gasteiger charge is 2.34. The quantitative estimate of drug-likeness (QED) is 0.218. The SMILES string of the molecule is Cn1cccc1CCN1CCC[C@H]1C(=O)Nc1ccc(/C=C/c2ccc(NC(=O)[C@@H]3CCCN3C(=O)Cc3cccn3C)cc2)cc1. The molecule has 2 saturated heterocycles. The summed E-state index contributed by atoms with van der Waals surface area (Å²) in [5.41, 5.74) is 5.73. The second-order valence-corrected chi connectivity index (χ2v) is 12.6. The van der Waals surface area contributed by atoms with E-state index in [0.29, 0.717) is 25.1 Å². The standard InChI is InChI=1S/C38H44N6O3/c1-41-22-3-7-32(41)21-26-43-24-5-9-34(43)37(46)39-30-17-13-28(14-18-30)11-12-29-15-19-31(20-16-29)40-38(47)35-10-6-25-44(35)36(45)27-33-8-4-23-42(33)2/h3-4,7-8,11-20,22-23,34-35H,5-6,9-10,21,24-27H2,1-2H3,(H,39,46)(H,40,47)/b12-11+/t34-,35-/m0/s1. The van der Waals surface area contributed by atoms with Crippen LogP contribution in [0.3, 0.4) is 0 Å². The fourth-order valence-corrected chi connectivity index (χ4v) is 6.68. The Hall–Kier alpha value is -4.89. The van der Waals surface area contributed by atoms with Gasteiger partial charge in [0.15, 0.2) is 0 Å². The Kier molecular flexibility index (Phi) is 10.0. The molecule has 4 aromatic rings. The first-order valence-electron chi connectivity index (χ1n) is 16.6. The minimum Gasteiger partial charge on any atom is -0.354 e. The Morgan fingerprint density at radius 3 is 1.81 bits per heavy atom. The van der Waals surface area contributed by atoms with Crippen LogP contribution in [0.5, 0.6) is 0 Å². The maximum atomic E-state index is 13.1. The van der Waals surface area contributed by atoms with Crippen LogP contribution in [0, 0.1) is 0 Å². The predicted octanol–water partition coefficient (Wildman–Crippen LogP) is 5.35. The molecule has 0 unspecified atom stereocenters. The minimum atomic E-state index is -0.452. The number of aryl methyl sites for hydroxylation is 2. The van der Waals surface area contributed by atoms with Gasteiger partial charge in [0.1, 0.15) is 6.04 Å². The van der Waals surface area contributed by atoms with E-state index in [1.54, 1.807) is 4.90 Å². The van der Waals surface area contributed by atoms with Gasteiger partial charge in [-0.2, -0.15) is 0 Å². The Bertz CT molecular complexity index is 1720. The number of aromatic nitrogens is 2. The molecule has 244 valence electrons. The number of carbonyl (C=O) groups is 3.